The summed E-state index contributed by atoms with van der Waals surface area (Å²) >= 11 is 0. The maximum absolute atomic E-state index is 12.3. The van der Waals surface area contributed by atoms with Crippen LogP contribution < -0.4 is 15.5 Å². The summed E-state index contributed by atoms with van der Waals surface area (Å²) in [7, 11) is 0. The Bertz CT molecular complexity index is 547. The number of urea groups is 1. The van der Waals surface area contributed by atoms with Crippen molar-refractivity contribution in [2.45, 2.75) is 57.0 Å². The third-order valence-corrected chi connectivity index (χ3v) is 5.21. The van der Waals surface area contributed by atoms with Crippen molar-refractivity contribution in [1.29, 1.82) is 0 Å². The fourth-order valence-corrected chi connectivity index (χ4v) is 3.79. The van der Waals surface area contributed by atoms with Gasteiger partial charge in [0.25, 0.3) is 0 Å². The summed E-state index contributed by atoms with van der Waals surface area (Å²) < 4.78 is 0. The lowest BCUT2D eigenvalue weighted by Crippen LogP contribution is -2.42. The average Bonchev–Trinajstić information content (AvgIpc) is 2.85. The molecule has 1 aromatic rings. The first-order valence-electron chi connectivity index (χ1n) is 9.28. The number of nitrogens with one attached hydrogen (secondary N) is 2. The number of rotatable bonds is 4. The van der Waals surface area contributed by atoms with Gasteiger partial charge in [0.1, 0.15) is 0 Å². The van der Waals surface area contributed by atoms with Gasteiger partial charge in [-0.2, -0.15) is 0 Å². The number of anilines is 2. The van der Waals surface area contributed by atoms with E-state index in [2.05, 4.69) is 21.6 Å². The average molecular weight is 331 g/mol. The second-order valence-corrected chi connectivity index (χ2v) is 7.16. The minimum atomic E-state index is -0.721. The van der Waals surface area contributed by atoms with Crippen LogP contribution in [0.3, 0.4) is 0 Å². The monoisotopic (exact) mass is 331 g/mol. The molecular formula is C19H29N3O2. The second-order valence-electron chi connectivity index (χ2n) is 7.16. The number of carbonyl (C=O) groups excluding carboxylic acids is 1. The Hall–Kier alpha value is -1.75. The maximum Gasteiger partial charge on any atom is 0.319 e. The van der Waals surface area contributed by atoms with Gasteiger partial charge in [-0.1, -0.05) is 37.8 Å². The molecule has 0 spiro atoms. The SMILES string of the molecule is O=C(NCC1(O)CCCC1)Nc1ccccc1N1CCCCCC1. The highest BCUT2D eigenvalue weighted by atomic mass is 16.3. The zero-order valence-corrected chi connectivity index (χ0v) is 14.4. The number of aliphatic hydroxyl groups is 1. The third kappa shape index (κ3) is 4.41. The van der Waals surface area contributed by atoms with Crippen molar-refractivity contribution in [3.63, 3.8) is 0 Å². The van der Waals surface area contributed by atoms with Crippen LogP contribution in [-0.2, 0) is 0 Å². The van der Waals surface area contributed by atoms with Crippen molar-refractivity contribution < 1.29 is 9.90 Å². The van der Waals surface area contributed by atoms with Crippen molar-refractivity contribution in [3.05, 3.63) is 24.3 Å². The molecule has 1 saturated heterocycles. The zero-order chi connectivity index (χ0) is 16.8. The van der Waals surface area contributed by atoms with Crippen molar-refractivity contribution in [2.75, 3.05) is 29.9 Å². The van der Waals surface area contributed by atoms with Crippen molar-refractivity contribution in [3.8, 4) is 0 Å². The molecule has 1 aliphatic carbocycles. The molecule has 1 aliphatic heterocycles. The zero-order valence-electron chi connectivity index (χ0n) is 14.4. The Morgan fingerprint density at radius 3 is 2.42 bits per heavy atom. The van der Waals surface area contributed by atoms with Gasteiger partial charge in [0.2, 0.25) is 0 Å². The van der Waals surface area contributed by atoms with Gasteiger partial charge in [0.05, 0.1) is 17.0 Å². The lowest BCUT2D eigenvalue weighted by molar-refractivity contribution is 0.0506. The van der Waals surface area contributed by atoms with Gasteiger partial charge >= 0.3 is 6.03 Å². The molecule has 0 atom stereocenters. The molecule has 2 fully saturated rings. The van der Waals surface area contributed by atoms with Crippen LogP contribution in [0.25, 0.3) is 0 Å². The lowest BCUT2D eigenvalue weighted by Gasteiger charge is -2.26. The fraction of sp³-hybridized carbons (Fsp3) is 0.632. The van der Waals surface area contributed by atoms with E-state index in [4.69, 9.17) is 0 Å². The fourth-order valence-electron chi connectivity index (χ4n) is 3.79. The smallest absolute Gasteiger partial charge is 0.319 e. The minimum Gasteiger partial charge on any atom is -0.388 e. The van der Waals surface area contributed by atoms with Crippen LogP contribution in [0.4, 0.5) is 16.2 Å². The largest absolute Gasteiger partial charge is 0.388 e. The van der Waals surface area contributed by atoms with Gasteiger partial charge in [-0.25, -0.2) is 4.79 Å². The highest BCUT2D eigenvalue weighted by Gasteiger charge is 2.31. The Morgan fingerprint density at radius 1 is 1.04 bits per heavy atom. The van der Waals surface area contributed by atoms with E-state index in [-0.39, 0.29) is 6.03 Å². The van der Waals surface area contributed by atoms with E-state index in [1.165, 1.54) is 25.7 Å². The van der Waals surface area contributed by atoms with Crippen LogP contribution in [-0.4, -0.2) is 36.4 Å². The van der Waals surface area contributed by atoms with E-state index in [0.717, 1.165) is 50.1 Å². The summed E-state index contributed by atoms with van der Waals surface area (Å²) in [5, 5.41) is 16.1. The Balaban J connectivity index is 1.60. The van der Waals surface area contributed by atoms with Crippen molar-refractivity contribution in [1.82, 2.24) is 5.32 Å². The normalized spacial score (nSPS) is 20.5. The molecule has 0 unspecified atom stereocenters. The topological polar surface area (TPSA) is 64.6 Å². The maximum atomic E-state index is 12.3. The van der Waals surface area contributed by atoms with Crippen LogP contribution in [0.15, 0.2) is 24.3 Å². The predicted molar refractivity (Wildman–Crippen MR) is 97.6 cm³/mol. The highest BCUT2D eigenvalue weighted by Crippen LogP contribution is 2.29. The number of nitrogens with zero attached hydrogens (tertiary/aromatic N) is 1. The predicted octanol–water partition coefficient (Wildman–Crippen LogP) is 3.49. The summed E-state index contributed by atoms with van der Waals surface area (Å²) in [5.74, 6) is 0. The molecule has 1 saturated carbocycles. The number of hydrogen-bond acceptors (Lipinski definition) is 3. The first kappa shape index (κ1) is 17.1. The number of benzene rings is 1. The van der Waals surface area contributed by atoms with E-state index >= 15 is 0 Å². The number of amides is 2. The molecule has 5 nitrogen and oxygen atoms in total. The first-order chi connectivity index (χ1) is 11.7. The van der Waals surface area contributed by atoms with Crippen LogP contribution >= 0.6 is 0 Å². The van der Waals surface area contributed by atoms with Gasteiger partial charge in [-0.15, -0.1) is 0 Å². The van der Waals surface area contributed by atoms with Gasteiger partial charge < -0.3 is 20.6 Å². The highest BCUT2D eigenvalue weighted by molar-refractivity contribution is 5.93. The Labute approximate surface area is 144 Å². The molecular weight excluding hydrogens is 302 g/mol. The molecule has 0 radical (unpaired) electrons. The van der Waals surface area contributed by atoms with Crippen LogP contribution in [0.5, 0.6) is 0 Å². The Morgan fingerprint density at radius 2 is 1.71 bits per heavy atom. The van der Waals surface area contributed by atoms with Crippen molar-refractivity contribution >= 4 is 17.4 Å². The number of para-hydroxylation sites is 2. The number of hydrogen-bond donors (Lipinski definition) is 3. The van der Waals surface area contributed by atoms with Gasteiger partial charge in [0.15, 0.2) is 0 Å². The summed E-state index contributed by atoms with van der Waals surface area (Å²) in [6.45, 7) is 2.41. The summed E-state index contributed by atoms with van der Waals surface area (Å²) in [6.07, 6.45) is 8.60. The van der Waals surface area contributed by atoms with Crippen LogP contribution in [0.2, 0.25) is 0 Å². The molecule has 132 valence electrons. The second kappa shape index (κ2) is 7.88. The molecule has 3 N–H and O–H groups in total. The Kier molecular flexibility index (Phi) is 5.61. The van der Waals surface area contributed by atoms with Crippen LogP contribution in [0.1, 0.15) is 51.4 Å². The molecule has 0 aromatic heterocycles. The minimum absolute atomic E-state index is 0.238. The standard InChI is InChI=1S/C19H29N3O2/c23-18(20-15-19(24)11-5-6-12-19)21-16-9-3-4-10-17(16)22-13-7-1-2-8-14-22/h3-4,9-10,24H,1-2,5-8,11-15H2,(H2,20,21,23). The van der Waals surface area contributed by atoms with E-state index in [9.17, 15) is 9.90 Å². The molecule has 1 aromatic carbocycles. The summed E-state index contributed by atoms with van der Waals surface area (Å²) in [5.41, 5.74) is 1.21. The van der Waals surface area contributed by atoms with Crippen LogP contribution in [0, 0.1) is 0 Å². The molecule has 2 aliphatic rings. The summed E-state index contributed by atoms with van der Waals surface area (Å²) in [6, 6.07) is 7.75. The molecule has 24 heavy (non-hydrogen) atoms. The quantitative estimate of drug-likeness (QED) is 0.791. The van der Waals surface area contributed by atoms with Gasteiger partial charge in [0, 0.05) is 19.6 Å². The molecule has 1 heterocycles. The van der Waals surface area contributed by atoms with E-state index in [0.29, 0.717) is 6.54 Å². The molecule has 5 heteroatoms. The first-order valence-corrected chi connectivity index (χ1v) is 9.28. The lowest BCUT2D eigenvalue weighted by atomic mass is 10.0. The molecule has 0 bridgehead atoms. The van der Waals surface area contributed by atoms with E-state index in [1.807, 2.05) is 18.2 Å². The number of carbonyl (C=O) groups is 1. The van der Waals surface area contributed by atoms with E-state index in [1.54, 1.807) is 0 Å². The van der Waals surface area contributed by atoms with Crippen molar-refractivity contribution in [2.24, 2.45) is 0 Å². The summed E-state index contributed by atoms with van der Waals surface area (Å²) in [4.78, 5) is 14.6. The molecule has 2 amide bonds. The molecule has 3 rings (SSSR count). The third-order valence-electron chi connectivity index (χ3n) is 5.21. The van der Waals surface area contributed by atoms with Gasteiger partial charge in [-0.05, 0) is 37.8 Å². The van der Waals surface area contributed by atoms with E-state index < -0.39 is 5.60 Å². The van der Waals surface area contributed by atoms with Gasteiger partial charge in [-0.3, -0.25) is 0 Å².